The summed E-state index contributed by atoms with van der Waals surface area (Å²) in [7, 11) is 0. The zero-order valence-corrected chi connectivity index (χ0v) is 14.8. The first-order valence-electron chi connectivity index (χ1n) is 9.36. The van der Waals surface area contributed by atoms with Gasteiger partial charge >= 0.3 is 0 Å². The normalized spacial score (nSPS) is 12.1. The van der Waals surface area contributed by atoms with Crippen LogP contribution in [0.1, 0.15) is 83.5 Å². The molecule has 0 aliphatic rings. The van der Waals surface area contributed by atoms with Gasteiger partial charge < -0.3 is 10.2 Å². The van der Waals surface area contributed by atoms with Gasteiger partial charge in [-0.25, -0.2) is 0 Å². The van der Waals surface area contributed by atoms with Gasteiger partial charge in [-0.15, -0.1) is 0 Å². The summed E-state index contributed by atoms with van der Waals surface area (Å²) in [5.41, 5.74) is 0. The molecule has 2 N–H and O–H groups in total. The molecule has 2 heteroatoms. The summed E-state index contributed by atoms with van der Waals surface area (Å²) >= 11 is 0. The Bertz CT molecular complexity index is 335. The van der Waals surface area contributed by atoms with Crippen LogP contribution >= 0.6 is 0 Å². The number of aliphatic hydroxyl groups excluding tert-OH is 2. The summed E-state index contributed by atoms with van der Waals surface area (Å²) in [4.78, 5) is 0. The molecule has 0 aliphatic carbocycles. The van der Waals surface area contributed by atoms with Crippen LogP contribution in [0.2, 0.25) is 0 Å². The molecule has 0 aromatic rings. The number of unbranched alkanes of at least 4 members (excludes halogenated alkanes) is 11. The van der Waals surface area contributed by atoms with Crippen molar-refractivity contribution in [1.82, 2.24) is 0 Å². The molecule has 0 radical (unpaired) electrons. The fourth-order valence-electron chi connectivity index (χ4n) is 2.45. The monoisotopic (exact) mass is 320 g/mol. The van der Waals surface area contributed by atoms with Crippen molar-refractivity contribution in [2.45, 2.75) is 89.6 Å². The standard InChI is InChI=1S/C21H36O2/c1-2-21(23)19-17-15-13-11-9-7-5-3-4-6-8-10-12-14-16-18-20-22/h2,11,13,21-23H,1,3-10,12,14-16,18,20H2/b13-11+/t21-/m1/s1. The zero-order valence-electron chi connectivity index (χ0n) is 14.8. The van der Waals surface area contributed by atoms with Crippen LogP contribution in [0, 0.1) is 11.8 Å². The average Bonchev–Trinajstić information content (AvgIpc) is 2.57. The third-order valence-electron chi connectivity index (χ3n) is 3.89. The van der Waals surface area contributed by atoms with E-state index in [-0.39, 0.29) is 0 Å². The molecule has 23 heavy (non-hydrogen) atoms. The fourth-order valence-corrected chi connectivity index (χ4v) is 2.45. The molecule has 0 spiro atoms. The van der Waals surface area contributed by atoms with E-state index >= 15 is 0 Å². The third-order valence-corrected chi connectivity index (χ3v) is 3.89. The minimum absolute atomic E-state index is 0.348. The summed E-state index contributed by atoms with van der Waals surface area (Å²) in [6, 6.07) is 0. The molecule has 0 bridgehead atoms. The maximum atomic E-state index is 9.16. The lowest BCUT2D eigenvalue weighted by molar-refractivity contribution is 0.281. The molecule has 132 valence electrons. The molecular weight excluding hydrogens is 284 g/mol. The Labute approximate surface area is 143 Å². The van der Waals surface area contributed by atoms with Crippen molar-refractivity contribution < 1.29 is 10.2 Å². The Morgan fingerprint density at radius 3 is 1.83 bits per heavy atom. The second-order valence-corrected chi connectivity index (χ2v) is 6.08. The number of allylic oxidation sites excluding steroid dienone is 2. The van der Waals surface area contributed by atoms with Crippen LogP contribution in [0.25, 0.3) is 0 Å². The van der Waals surface area contributed by atoms with E-state index < -0.39 is 6.10 Å². The molecule has 0 saturated heterocycles. The molecule has 0 heterocycles. The highest BCUT2D eigenvalue weighted by Crippen LogP contribution is 2.12. The van der Waals surface area contributed by atoms with Crippen LogP contribution in [0.3, 0.4) is 0 Å². The minimum atomic E-state index is -0.691. The van der Waals surface area contributed by atoms with E-state index in [0.717, 1.165) is 12.8 Å². The van der Waals surface area contributed by atoms with Crippen molar-refractivity contribution in [3.63, 3.8) is 0 Å². The SMILES string of the molecule is C=C[C@@H](O)C#CC/C=C/CCCCCCCCCCCCCO. The highest BCUT2D eigenvalue weighted by atomic mass is 16.3. The maximum absolute atomic E-state index is 9.16. The van der Waals surface area contributed by atoms with Gasteiger partial charge in [-0.1, -0.05) is 94.4 Å². The lowest BCUT2D eigenvalue weighted by Crippen LogP contribution is -1.94. The molecule has 0 saturated carbocycles. The van der Waals surface area contributed by atoms with Crippen LogP contribution in [-0.2, 0) is 0 Å². The quantitative estimate of drug-likeness (QED) is 0.249. The molecule has 0 rings (SSSR count). The molecule has 0 unspecified atom stereocenters. The van der Waals surface area contributed by atoms with E-state index in [1.54, 1.807) is 0 Å². The van der Waals surface area contributed by atoms with E-state index in [1.165, 1.54) is 70.3 Å². The van der Waals surface area contributed by atoms with E-state index in [1.807, 2.05) is 0 Å². The summed E-state index contributed by atoms with van der Waals surface area (Å²) < 4.78 is 0. The molecule has 0 aliphatic heterocycles. The summed E-state index contributed by atoms with van der Waals surface area (Å²) in [6.07, 6.45) is 21.0. The number of hydrogen-bond acceptors (Lipinski definition) is 2. The van der Waals surface area contributed by atoms with Crippen LogP contribution in [0.5, 0.6) is 0 Å². The van der Waals surface area contributed by atoms with E-state index in [4.69, 9.17) is 10.2 Å². The van der Waals surface area contributed by atoms with Gasteiger partial charge in [0.05, 0.1) is 0 Å². The van der Waals surface area contributed by atoms with Crippen molar-refractivity contribution >= 4 is 0 Å². The molecule has 1 atom stereocenters. The maximum Gasteiger partial charge on any atom is 0.133 e. The van der Waals surface area contributed by atoms with Crippen molar-refractivity contribution in [3.05, 3.63) is 24.8 Å². The second-order valence-electron chi connectivity index (χ2n) is 6.08. The van der Waals surface area contributed by atoms with Crippen LogP contribution < -0.4 is 0 Å². The summed E-state index contributed by atoms with van der Waals surface area (Å²) in [5, 5.41) is 17.8. The van der Waals surface area contributed by atoms with Gasteiger partial charge in [0.25, 0.3) is 0 Å². The lowest BCUT2D eigenvalue weighted by Gasteiger charge is -2.02. The van der Waals surface area contributed by atoms with Gasteiger partial charge in [0.1, 0.15) is 6.10 Å². The summed E-state index contributed by atoms with van der Waals surface area (Å²) in [6.45, 7) is 3.83. The molecule has 0 fully saturated rings. The Morgan fingerprint density at radius 1 is 0.783 bits per heavy atom. The van der Waals surface area contributed by atoms with Crippen molar-refractivity contribution in [2.24, 2.45) is 0 Å². The Morgan fingerprint density at radius 2 is 1.30 bits per heavy atom. The Kier molecular flexibility index (Phi) is 18.1. The molecule has 0 amide bonds. The van der Waals surface area contributed by atoms with Crippen LogP contribution in [-0.4, -0.2) is 22.9 Å². The van der Waals surface area contributed by atoms with Gasteiger partial charge in [-0.3, -0.25) is 0 Å². The molecule has 0 aromatic carbocycles. The fraction of sp³-hybridized carbons (Fsp3) is 0.714. The van der Waals surface area contributed by atoms with Crippen molar-refractivity contribution in [3.8, 4) is 11.8 Å². The molecular formula is C21H36O2. The second kappa shape index (κ2) is 19.0. The van der Waals surface area contributed by atoms with E-state index in [9.17, 15) is 0 Å². The highest BCUT2D eigenvalue weighted by Gasteiger charge is 1.93. The van der Waals surface area contributed by atoms with E-state index in [2.05, 4.69) is 30.6 Å². The first-order valence-corrected chi connectivity index (χ1v) is 9.36. The molecule has 2 nitrogen and oxygen atoms in total. The zero-order chi connectivity index (χ0) is 17.0. The summed E-state index contributed by atoms with van der Waals surface area (Å²) in [5.74, 6) is 5.62. The van der Waals surface area contributed by atoms with Crippen LogP contribution in [0.4, 0.5) is 0 Å². The van der Waals surface area contributed by atoms with Gasteiger partial charge in [0.15, 0.2) is 0 Å². The van der Waals surface area contributed by atoms with Crippen LogP contribution in [0.15, 0.2) is 24.8 Å². The number of hydrogen-bond donors (Lipinski definition) is 2. The van der Waals surface area contributed by atoms with Crippen molar-refractivity contribution in [1.29, 1.82) is 0 Å². The lowest BCUT2D eigenvalue weighted by atomic mass is 10.1. The first-order chi connectivity index (χ1) is 11.3. The topological polar surface area (TPSA) is 40.5 Å². The predicted octanol–water partition coefficient (Wildman–Crippen LogP) is 5.16. The Hall–Kier alpha value is -1.04. The smallest absolute Gasteiger partial charge is 0.133 e. The van der Waals surface area contributed by atoms with Gasteiger partial charge in [-0.2, -0.15) is 0 Å². The van der Waals surface area contributed by atoms with E-state index in [0.29, 0.717) is 13.0 Å². The average molecular weight is 321 g/mol. The highest BCUT2D eigenvalue weighted by molar-refractivity contribution is 5.12. The van der Waals surface area contributed by atoms with Gasteiger partial charge in [-0.05, 0) is 19.3 Å². The Balaban J connectivity index is 3.18. The van der Waals surface area contributed by atoms with Gasteiger partial charge in [0, 0.05) is 13.0 Å². The van der Waals surface area contributed by atoms with Crippen molar-refractivity contribution in [2.75, 3.05) is 6.61 Å². The number of aliphatic hydroxyl groups is 2. The number of rotatable bonds is 15. The first kappa shape index (κ1) is 22.0. The third kappa shape index (κ3) is 18.9. The predicted molar refractivity (Wildman–Crippen MR) is 100 cm³/mol. The van der Waals surface area contributed by atoms with Gasteiger partial charge in [0.2, 0.25) is 0 Å². The minimum Gasteiger partial charge on any atom is -0.396 e. The largest absolute Gasteiger partial charge is 0.396 e. The molecule has 0 aromatic heterocycles.